The number of anilines is 1. The molecule has 4 aromatic rings. The molecule has 0 aliphatic rings. The zero-order chi connectivity index (χ0) is 25.8. The minimum Gasteiger partial charge on any atom is -0.491 e. The third kappa shape index (κ3) is 5.79. The van der Waals surface area contributed by atoms with Crippen molar-refractivity contribution in [1.29, 1.82) is 0 Å². The second kappa shape index (κ2) is 11.0. The van der Waals surface area contributed by atoms with Gasteiger partial charge in [-0.15, -0.1) is 0 Å². The van der Waals surface area contributed by atoms with Crippen LogP contribution in [0.1, 0.15) is 6.92 Å². The summed E-state index contributed by atoms with van der Waals surface area (Å²) in [6, 6.07) is 7.38. The highest BCUT2D eigenvalue weighted by Crippen LogP contribution is 2.37. The van der Waals surface area contributed by atoms with Crippen molar-refractivity contribution in [3.63, 3.8) is 0 Å². The van der Waals surface area contributed by atoms with Gasteiger partial charge >= 0.3 is 6.01 Å². The summed E-state index contributed by atoms with van der Waals surface area (Å²) >= 11 is 6.48. The van der Waals surface area contributed by atoms with Crippen LogP contribution < -0.4 is 14.8 Å². The van der Waals surface area contributed by atoms with E-state index < -0.39 is 30.4 Å². The van der Waals surface area contributed by atoms with E-state index in [4.69, 9.17) is 26.2 Å². The van der Waals surface area contributed by atoms with Gasteiger partial charge in [-0.3, -0.25) is 5.10 Å². The predicted molar refractivity (Wildman–Crippen MR) is 127 cm³/mol. The van der Waals surface area contributed by atoms with Crippen LogP contribution in [0.2, 0.25) is 5.02 Å². The fourth-order valence-electron chi connectivity index (χ4n) is 3.21. The lowest BCUT2D eigenvalue weighted by Crippen LogP contribution is -2.21. The third-order valence-electron chi connectivity index (χ3n) is 4.92. The largest absolute Gasteiger partial charge is 0.491 e. The van der Waals surface area contributed by atoms with Crippen LogP contribution in [0.4, 0.5) is 14.6 Å². The number of rotatable bonds is 10. The molecule has 2 atom stereocenters. The zero-order valence-electron chi connectivity index (χ0n) is 18.9. The van der Waals surface area contributed by atoms with Gasteiger partial charge in [-0.2, -0.15) is 15.1 Å². The molecule has 2 aromatic heterocycles. The van der Waals surface area contributed by atoms with Crippen LogP contribution in [0.3, 0.4) is 0 Å². The highest BCUT2D eigenvalue weighted by molar-refractivity contribution is 6.33. The van der Waals surface area contributed by atoms with Gasteiger partial charge in [0.25, 0.3) is 0 Å². The van der Waals surface area contributed by atoms with Crippen molar-refractivity contribution in [2.24, 2.45) is 0 Å². The average molecular weight is 522 g/mol. The quantitative estimate of drug-likeness (QED) is 0.212. The smallest absolute Gasteiger partial charge is 0.326 e. The lowest BCUT2D eigenvalue weighted by Gasteiger charge is -2.13. The minimum absolute atomic E-state index is 0.113. The van der Waals surface area contributed by atoms with E-state index in [-0.39, 0.29) is 41.4 Å². The van der Waals surface area contributed by atoms with E-state index >= 15 is 0 Å². The molecular weight excluding hydrogens is 500 g/mol. The van der Waals surface area contributed by atoms with Gasteiger partial charge in [0.15, 0.2) is 17.2 Å². The maximum absolute atomic E-state index is 14.1. The maximum Gasteiger partial charge on any atom is 0.326 e. The van der Waals surface area contributed by atoms with E-state index in [0.717, 1.165) is 12.1 Å². The molecule has 0 saturated heterocycles. The van der Waals surface area contributed by atoms with E-state index in [0.29, 0.717) is 28.5 Å². The Morgan fingerprint density at radius 1 is 1.14 bits per heavy atom. The number of hydrogen-bond donors (Lipinski definition) is 5. The SMILES string of the molecule is C[C@H](O)CNc1nc(Oc2ccc(F)cc2F)nc2n[nH]c(-c3ccc(OCC(O)CO)cc3Cl)c12. The molecule has 0 saturated carbocycles. The van der Waals surface area contributed by atoms with Crippen LogP contribution in [-0.4, -0.2) is 67.5 Å². The van der Waals surface area contributed by atoms with Crippen LogP contribution in [0.15, 0.2) is 36.4 Å². The van der Waals surface area contributed by atoms with Gasteiger partial charge in [0.05, 0.1) is 28.8 Å². The number of aliphatic hydroxyl groups excluding tert-OH is 3. The standard InChI is InChI=1S/C23H22ClF2N5O5/c1-11(33)8-27-21-19-20(15-4-3-14(7-16(15)24)35-10-13(34)9-32)30-31-22(19)29-23(28-21)36-18-5-2-12(25)6-17(18)26/h2-7,11,13,32-34H,8-10H2,1H3,(H2,27,28,29,30,31)/t11-,13?/m0/s1. The van der Waals surface area contributed by atoms with Gasteiger partial charge in [-0.05, 0) is 37.3 Å². The molecule has 2 aromatic carbocycles. The Balaban J connectivity index is 1.72. The highest BCUT2D eigenvalue weighted by atomic mass is 35.5. The first-order valence-electron chi connectivity index (χ1n) is 10.8. The topological polar surface area (TPSA) is 146 Å². The van der Waals surface area contributed by atoms with Crippen molar-refractivity contribution in [1.82, 2.24) is 20.2 Å². The highest BCUT2D eigenvalue weighted by Gasteiger charge is 2.20. The Hall–Kier alpha value is -3.58. The van der Waals surface area contributed by atoms with Crippen LogP contribution in [0, 0.1) is 11.6 Å². The van der Waals surface area contributed by atoms with Crippen LogP contribution in [-0.2, 0) is 0 Å². The van der Waals surface area contributed by atoms with Crippen LogP contribution >= 0.6 is 11.6 Å². The summed E-state index contributed by atoms with van der Waals surface area (Å²) in [5, 5.41) is 38.9. The first-order chi connectivity index (χ1) is 17.2. The van der Waals surface area contributed by atoms with Crippen molar-refractivity contribution in [2.45, 2.75) is 19.1 Å². The molecule has 5 N–H and O–H groups in total. The predicted octanol–water partition coefficient (Wildman–Crippen LogP) is 3.27. The number of halogens is 3. The molecule has 0 amide bonds. The number of benzene rings is 2. The Kier molecular flexibility index (Phi) is 7.79. The molecule has 2 heterocycles. The number of fused-ring (bicyclic) bond motifs is 1. The molecule has 0 aliphatic carbocycles. The van der Waals surface area contributed by atoms with Crippen LogP contribution in [0.5, 0.6) is 17.5 Å². The van der Waals surface area contributed by atoms with Crippen LogP contribution in [0.25, 0.3) is 22.3 Å². The van der Waals surface area contributed by atoms with Crippen molar-refractivity contribution in [2.75, 3.05) is 25.1 Å². The first-order valence-corrected chi connectivity index (χ1v) is 11.2. The normalized spacial score (nSPS) is 13.0. The van der Waals surface area contributed by atoms with Crippen molar-refractivity contribution in [3.05, 3.63) is 53.1 Å². The van der Waals surface area contributed by atoms with E-state index in [1.807, 2.05) is 0 Å². The Bertz CT molecular complexity index is 1370. The van der Waals surface area contributed by atoms with Gasteiger partial charge in [0, 0.05) is 18.2 Å². The molecular formula is C23H22ClF2N5O5. The maximum atomic E-state index is 14.1. The molecule has 0 spiro atoms. The number of aromatic nitrogens is 4. The number of aliphatic hydroxyl groups is 3. The summed E-state index contributed by atoms with van der Waals surface area (Å²) in [5.74, 6) is -1.37. The van der Waals surface area contributed by atoms with E-state index in [1.54, 1.807) is 19.1 Å². The lowest BCUT2D eigenvalue weighted by atomic mass is 10.1. The van der Waals surface area contributed by atoms with E-state index in [1.165, 1.54) is 6.07 Å². The summed E-state index contributed by atoms with van der Waals surface area (Å²) in [5.41, 5.74) is 1.13. The number of nitrogens with one attached hydrogen (secondary N) is 2. The summed E-state index contributed by atoms with van der Waals surface area (Å²) in [6.07, 6.45) is -1.75. The van der Waals surface area contributed by atoms with Gasteiger partial charge in [-0.25, -0.2) is 8.78 Å². The monoisotopic (exact) mass is 521 g/mol. The summed E-state index contributed by atoms with van der Waals surface area (Å²) in [4.78, 5) is 8.52. The lowest BCUT2D eigenvalue weighted by molar-refractivity contribution is 0.0536. The molecule has 0 aliphatic heterocycles. The van der Waals surface area contributed by atoms with Crippen molar-refractivity contribution in [3.8, 4) is 28.8 Å². The second-order valence-corrected chi connectivity index (χ2v) is 8.25. The Morgan fingerprint density at radius 3 is 2.64 bits per heavy atom. The Morgan fingerprint density at radius 2 is 1.94 bits per heavy atom. The van der Waals surface area contributed by atoms with Gasteiger partial charge in [0.2, 0.25) is 0 Å². The fraction of sp³-hybridized carbons (Fsp3) is 0.261. The molecule has 36 heavy (non-hydrogen) atoms. The van der Waals surface area contributed by atoms with E-state index in [2.05, 4.69) is 25.5 Å². The number of hydrogen-bond acceptors (Lipinski definition) is 9. The number of aromatic amines is 1. The minimum atomic E-state index is -1.03. The average Bonchev–Trinajstić information content (AvgIpc) is 3.26. The number of H-pyrrole nitrogens is 1. The number of ether oxygens (including phenoxy) is 2. The first kappa shape index (κ1) is 25.5. The Labute approximate surface area is 208 Å². The molecule has 0 radical (unpaired) electrons. The van der Waals surface area contributed by atoms with Crippen molar-refractivity contribution < 1.29 is 33.6 Å². The molecule has 190 valence electrons. The van der Waals surface area contributed by atoms with Gasteiger partial charge < -0.3 is 30.1 Å². The summed E-state index contributed by atoms with van der Waals surface area (Å²) < 4.78 is 38.2. The summed E-state index contributed by atoms with van der Waals surface area (Å²) in [7, 11) is 0. The molecule has 0 bridgehead atoms. The molecule has 0 fully saturated rings. The molecule has 1 unspecified atom stereocenters. The van der Waals surface area contributed by atoms with Crippen molar-refractivity contribution >= 4 is 28.5 Å². The molecule has 13 heteroatoms. The van der Waals surface area contributed by atoms with Gasteiger partial charge in [-0.1, -0.05) is 11.6 Å². The molecule has 10 nitrogen and oxygen atoms in total. The third-order valence-corrected chi connectivity index (χ3v) is 5.23. The van der Waals surface area contributed by atoms with E-state index in [9.17, 15) is 19.0 Å². The fourth-order valence-corrected chi connectivity index (χ4v) is 3.47. The summed E-state index contributed by atoms with van der Waals surface area (Å²) in [6.45, 7) is 1.15. The zero-order valence-corrected chi connectivity index (χ0v) is 19.6. The number of nitrogens with zero attached hydrogens (tertiary/aromatic N) is 3. The molecule has 4 rings (SSSR count). The second-order valence-electron chi connectivity index (χ2n) is 7.85. The van der Waals surface area contributed by atoms with Gasteiger partial charge in [0.1, 0.15) is 30.1 Å².